The zero-order valence-corrected chi connectivity index (χ0v) is 16.5. The first-order valence-electron chi connectivity index (χ1n) is 8.77. The number of esters is 1. The Labute approximate surface area is 154 Å². The van der Waals surface area contributed by atoms with Crippen LogP contribution < -0.4 is 4.74 Å². The molecule has 6 heteroatoms. The molecule has 1 heterocycles. The van der Waals surface area contributed by atoms with E-state index >= 15 is 0 Å². The van der Waals surface area contributed by atoms with Gasteiger partial charge in [-0.15, -0.1) is 0 Å². The fraction of sp³-hybridized carbons (Fsp3) is 0.500. The van der Waals surface area contributed by atoms with Crippen LogP contribution >= 0.6 is 0 Å². The fourth-order valence-corrected chi connectivity index (χ4v) is 3.10. The lowest BCUT2D eigenvalue weighted by molar-refractivity contribution is -0.143. The summed E-state index contributed by atoms with van der Waals surface area (Å²) in [4.78, 5) is 26.9. The van der Waals surface area contributed by atoms with Crippen molar-refractivity contribution >= 4 is 22.8 Å². The van der Waals surface area contributed by atoms with Crippen molar-refractivity contribution in [3.63, 3.8) is 0 Å². The third-order valence-electron chi connectivity index (χ3n) is 4.33. The van der Waals surface area contributed by atoms with Crippen molar-refractivity contribution in [3.8, 4) is 5.75 Å². The molecule has 0 bridgehead atoms. The van der Waals surface area contributed by atoms with E-state index < -0.39 is 12.1 Å². The number of amides is 1. The van der Waals surface area contributed by atoms with Crippen molar-refractivity contribution in [1.29, 1.82) is 0 Å². The highest BCUT2D eigenvalue weighted by molar-refractivity contribution is 5.97. The molecule has 0 saturated carbocycles. The number of ether oxygens (including phenoxy) is 2. The number of fused-ring (bicyclic) bond motifs is 1. The lowest BCUT2D eigenvalue weighted by Crippen LogP contribution is -2.47. The monoisotopic (exact) mass is 361 g/mol. The molecule has 0 aliphatic heterocycles. The zero-order valence-electron chi connectivity index (χ0n) is 16.5. The molecule has 0 aliphatic carbocycles. The van der Waals surface area contributed by atoms with Crippen molar-refractivity contribution in [2.45, 2.75) is 59.7 Å². The number of nitrogens with zero attached hydrogens (tertiary/aromatic N) is 1. The van der Waals surface area contributed by atoms with Gasteiger partial charge in [0.15, 0.2) is 6.10 Å². The summed E-state index contributed by atoms with van der Waals surface area (Å²) in [5, 5.41) is 0.779. The third-order valence-corrected chi connectivity index (χ3v) is 4.33. The molecule has 2 aromatic rings. The smallest absolute Gasteiger partial charge is 0.375 e. The zero-order chi connectivity index (χ0) is 19.6. The Hall–Kier alpha value is -2.50. The highest BCUT2D eigenvalue weighted by atomic mass is 16.6. The molecule has 0 N–H and O–H groups in total. The van der Waals surface area contributed by atoms with Crippen LogP contribution in [0, 0.1) is 6.92 Å². The highest BCUT2D eigenvalue weighted by Gasteiger charge is 2.29. The summed E-state index contributed by atoms with van der Waals surface area (Å²) in [6.45, 7) is 11.1. The number of hydrogen-bond donors (Lipinski definition) is 0. The predicted octanol–water partition coefficient (Wildman–Crippen LogP) is 3.94. The topological polar surface area (TPSA) is 69.0 Å². The van der Waals surface area contributed by atoms with Crippen LogP contribution in [0.5, 0.6) is 5.75 Å². The first-order chi connectivity index (χ1) is 12.2. The largest absolute Gasteiger partial charge is 0.497 e. The number of aryl methyl sites for hydroxylation is 1. The van der Waals surface area contributed by atoms with Crippen molar-refractivity contribution in [3.05, 3.63) is 29.5 Å². The molecule has 0 radical (unpaired) electrons. The van der Waals surface area contributed by atoms with Gasteiger partial charge in [0.2, 0.25) is 5.76 Å². The van der Waals surface area contributed by atoms with Crippen LogP contribution in [0.15, 0.2) is 22.6 Å². The number of furan rings is 1. The molecular formula is C20H27NO5. The van der Waals surface area contributed by atoms with Gasteiger partial charge in [0.25, 0.3) is 5.91 Å². The van der Waals surface area contributed by atoms with Crippen LogP contribution in [0.25, 0.3) is 11.0 Å². The number of hydrogen-bond acceptors (Lipinski definition) is 5. The van der Waals surface area contributed by atoms with E-state index in [-0.39, 0.29) is 23.8 Å². The summed E-state index contributed by atoms with van der Waals surface area (Å²) in [7, 11) is 1.58. The summed E-state index contributed by atoms with van der Waals surface area (Å²) in [5.74, 6) is -0.0901. The summed E-state index contributed by atoms with van der Waals surface area (Å²) in [5.41, 5.74) is 1.23. The van der Waals surface area contributed by atoms with Gasteiger partial charge < -0.3 is 18.8 Å². The molecule has 0 fully saturated rings. The predicted molar refractivity (Wildman–Crippen MR) is 99.5 cm³/mol. The Morgan fingerprint density at radius 3 is 2.23 bits per heavy atom. The molecule has 26 heavy (non-hydrogen) atoms. The Bertz CT molecular complexity index is 798. The number of carbonyl (C=O) groups is 2. The highest BCUT2D eigenvalue weighted by Crippen LogP contribution is 2.29. The molecule has 142 valence electrons. The number of carbonyl (C=O) groups excluding carboxylic acids is 2. The fourth-order valence-electron chi connectivity index (χ4n) is 3.10. The van der Waals surface area contributed by atoms with Crippen molar-refractivity contribution in [1.82, 2.24) is 4.90 Å². The van der Waals surface area contributed by atoms with E-state index in [4.69, 9.17) is 13.9 Å². The Kier molecular flexibility index (Phi) is 5.95. The molecule has 1 atom stereocenters. The summed E-state index contributed by atoms with van der Waals surface area (Å²) in [6.07, 6.45) is -0.894. The lowest BCUT2D eigenvalue weighted by Gasteiger charge is -2.32. The Morgan fingerprint density at radius 1 is 1.08 bits per heavy atom. The van der Waals surface area contributed by atoms with E-state index in [1.165, 1.54) is 0 Å². The summed E-state index contributed by atoms with van der Waals surface area (Å²) < 4.78 is 16.2. The van der Waals surface area contributed by atoms with Crippen LogP contribution in [0.2, 0.25) is 0 Å². The standard InChI is InChI=1S/C20H27NO5/c1-11(2)21(12(3)4)19(22)14(6)25-20(23)18-13(5)16-10-15(24-7)8-9-17(16)26-18/h8-12,14H,1-7H3/t14-/m1/s1. The second-order valence-corrected chi connectivity index (χ2v) is 6.90. The van der Waals surface area contributed by atoms with Crippen LogP contribution in [-0.2, 0) is 9.53 Å². The second kappa shape index (κ2) is 7.81. The molecule has 0 aliphatic rings. The molecule has 1 aromatic heterocycles. The average Bonchev–Trinajstić information content (AvgIpc) is 2.90. The van der Waals surface area contributed by atoms with Gasteiger partial charge >= 0.3 is 5.97 Å². The Balaban J connectivity index is 2.23. The van der Waals surface area contributed by atoms with Crippen molar-refractivity contribution in [2.75, 3.05) is 7.11 Å². The van der Waals surface area contributed by atoms with Gasteiger partial charge in [0.05, 0.1) is 7.11 Å². The normalized spacial score (nSPS) is 12.5. The van der Waals surface area contributed by atoms with E-state index in [0.717, 1.165) is 5.39 Å². The first kappa shape index (κ1) is 19.8. The molecular weight excluding hydrogens is 334 g/mol. The Morgan fingerprint density at radius 2 is 1.69 bits per heavy atom. The van der Waals surface area contributed by atoms with Gasteiger partial charge in [-0.25, -0.2) is 4.79 Å². The molecule has 6 nitrogen and oxygen atoms in total. The van der Waals surface area contributed by atoms with Crippen LogP contribution in [0.4, 0.5) is 0 Å². The average molecular weight is 361 g/mol. The van der Waals surface area contributed by atoms with E-state index in [1.54, 1.807) is 44.1 Å². The minimum atomic E-state index is -0.894. The third kappa shape index (κ3) is 3.84. The molecule has 0 saturated heterocycles. The number of rotatable bonds is 6. The van der Waals surface area contributed by atoms with Crippen LogP contribution in [0.3, 0.4) is 0 Å². The van der Waals surface area contributed by atoms with E-state index in [2.05, 4.69) is 0 Å². The minimum Gasteiger partial charge on any atom is -0.497 e. The van der Waals surface area contributed by atoms with E-state index in [1.807, 2.05) is 27.7 Å². The molecule has 2 rings (SSSR count). The van der Waals surface area contributed by atoms with Crippen LogP contribution in [-0.4, -0.2) is 42.1 Å². The molecule has 1 amide bonds. The van der Waals surface area contributed by atoms with Gasteiger partial charge in [-0.05, 0) is 59.7 Å². The minimum absolute atomic E-state index is 0.0176. The maximum Gasteiger partial charge on any atom is 0.375 e. The van der Waals surface area contributed by atoms with Crippen LogP contribution in [0.1, 0.15) is 50.7 Å². The quantitative estimate of drug-likeness (QED) is 0.729. The summed E-state index contributed by atoms with van der Waals surface area (Å²) in [6, 6.07) is 5.34. The SMILES string of the molecule is COc1ccc2oc(C(=O)O[C@H](C)C(=O)N(C(C)C)C(C)C)c(C)c2c1. The summed E-state index contributed by atoms with van der Waals surface area (Å²) >= 11 is 0. The first-order valence-corrected chi connectivity index (χ1v) is 8.77. The van der Waals surface area contributed by atoms with Crippen molar-refractivity contribution < 1.29 is 23.5 Å². The lowest BCUT2D eigenvalue weighted by atomic mass is 10.1. The van der Waals surface area contributed by atoms with Crippen molar-refractivity contribution in [2.24, 2.45) is 0 Å². The maximum absolute atomic E-state index is 12.6. The second-order valence-electron chi connectivity index (χ2n) is 6.90. The van der Waals surface area contributed by atoms with Gasteiger partial charge in [-0.3, -0.25) is 4.79 Å². The van der Waals surface area contributed by atoms with Gasteiger partial charge in [0.1, 0.15) is 11.3 Å². The van der Waals surface area contributed by atoms with Gasteiger partial charge in [-0.2, -0.15) is 0 Å². The number of benzene rings is 1. The molecule has 0 unspecified atom stereocenters. The maximum atomic E-state index is 12.6. The molecule has 0 spiro atoms. The van der Waals surface area contributed by atoms with E-state index in [9.17, 15) is 9.59 Å². The van der Waals surface area contributed by atoms with Gasteiger partial charge in [0, 0.05) is 23.0 Å². The van der Waals surface area contributed by atoms with E-state index in [0.29, 0.717) is 16.9 Å². The van der Waals surface area contributed by atoms with Gasteiger partial charge in [-0.1, -0.05) is 0 Å². The number of methoxy groups -OCH3 is 1. The molecule has 1 aromatic carbocycles.